The van der Waals surface area contributed by atoms with Crippen LogP contribution in [0.15, 0.2) is 22.1 Å². The fraction of sp³-hybridized carbons (Fsp3) is 0.438. The largest absolute Gasteiger partial charge is 0.469 e. The summed E-state index contributed by atoms with van der Waals surface area (Å²) in [5.41, 5.74) is 7.05. The van der Waals surface area contributed by atoms with E-state index in [1.807, 2.05) is 0 Å². The Kier molecular flexibility index (Phi) is 8.55. The second kappa shape index (κ2) is 9.91. The fourth-order valence-corrected chi connectivity index (χ4v) is 3.09. The quantitative estimate of drug-likeness (QED) is 0.637. The number of hydrogen-bond donors (Lipinski definition) is 3. The first-order valence-corrected chi connectivity index (χ1v) is 8.73. The van der Waals surface area contributed by atoms with E-state index in [1.165, 1.54) is 17.6 Å². The van der Waals surface area contributed by atoms with E-state index in [1.54, 1.807) is 18.4 Å². The van der Waals surface area contributed by atoms with E-state index in [0.29, 0.717) is 34.6 Å². The van der Waals surface area contributed by atoms with Gasteiger partial charge in [-0.15, -0.1) is 36.2 Å². The molecule has 1 aliphatic carbocycles. The number of halogens is 2. The van der Waals surface area contributed by atoms with E-state index >= 15 is 0 Å². The number of aromatic nitrogens is 1. The van der Waals surface area contributed by atoms with Crippen molar-refractivity contribution in [2.24, 2.45) is 11.7 Å². The number of nitrogens with two attached hydrogens (primary N) is 1. The molecule has 2 aromatic rings. The first-order chi connectivity index (χ1) is 11.5. The summed E-state index contributed by atoms with van der Waals surface area (Å²) >= 11 is 1.28. The van der Waals surface area contributed by atoms with Gasteiger partial charge in [-0.3, -0.25) is 14.9 Å². The molecule has 7 nitrogen and oxygen atoms in total. The van der Waals surface area contributed by atoms with E-state index in [9.17, 15) is 9.59 Å². The van der Waals surface area contributed by atoms with Crippen LogP contribution in [0.2, 0.25) is 0 Å². The van der Waals surface area contributed by atoms with Crippen LogP contribution in [0.1, 0.15) is 34.7 Å². The number of carbonyl (C=O) groups excluding carboxylic acids is 2. The molecule has 3 rings (SSSR count). The highest BCUT2D eigenvalue weighted by atomic mass is 35.5. The number of amides is 2. The fourth-order valence-electron chi connectivity index (χ4n) is 2.38. The zero-order chi connectivity index (χ0) is 17.1. The second-order valence-electron chi connectivity index (χ2n) is 5.97. The van der Waals surface area contributed by atoms with Crippen LogP contribution >= 0.6 is 36.2 Å². The lowest BCUT2D eigenvalue weighted by Gasteiger charge is -2.10. The van der Waals surface area contributed by atoms with Crippen LogP contribution in [0.25, 0.3) is 0 Å². The maximum absolute atomic E-state index is 12.1. The monoisotopic (exact) mass is 420 g/mol. The summed E-state index contributed by atoms with van der Waals surface area (Å²) in [6.07, 6.45) is 3.95. The Labute approximate surface area is 167 Å². The molecule has 0 radical (unpaired) electrons. The van der Waals surface area contributed by atoms with Gasteiger partial charge in [0.2, 0.25) is 5.91 Å². The Morgan fingerprint density at radius 3 is 2.77 bits per heavy atom. The van der Waals surface area contributed by atoms with Crippen LogP contribution in [0, 0.1) is 12.8 Å². The summed E-state index contributed by atoms with van der Waals surface area (Å²) in [5.74, 6) is 0.718. The topological polar surface area (TPSA) is 110 Å². The van der Waals surface area contributed by atoms with Crippen LogP contribution in [-0.4, -0.2) is 29.4 Å². The van der Waals surface area contributed by atoms with Crippen molar-refractivity contribution in [2.45, 2.75) is 32.2 Å². The lowest BCUT2D eigenvalue weighted by molar-refractivity contribution is -0.120. The number of rotatable bonds is 7. The molecular weight excluding hydrogens is 399 g/mol. The Bertz CT molecular complexity index is 745. The van der Waals surface area contributed by atoms with Crippen molar-refractivity contribution in [3.8, 4) is 0 Å². The number of anilines is 1. The molecule has 2 aromatic heterocycles. The SMILES string of the molecule is Cc1occc1C(=O)Nc1nc(CC(=O)NCC(N)C2CC2)cs1.Cl.Cl. The van der Waals surface area contributed by atoms with Gasteiger partial charge in [-0.05, 0) is 31.7 Å². The van der Waals surface area contributed by atoms with Gasteiger partial charge in [0.1, 0.15) is 5.76 Å². The molecule has 0 aliphatic heterocycles. The number of hydrogen-bond acceptors (Lipinski definition) is 6. The molecule has 0 spiro atoms. The van der Waals surface area contributed by atoms with Gasteiger partial charge < -0.3 is 15.5 Å². The molecule has 2 heterocycles. The molecule has 144 valence electrons. The molecule has 1 saturated carbocycles. The third-order valence-corrected chi connectivity index (χ3v) is 4.79. The summed E-state index contributed by atoms with van der Waals surface area (Å²) in [6, 6.07) is 1.65. The summed E-state index contributed by atoms with van der Waals surface area (Å²) in [5, 5.41) is 7.76. The molecule has 2 amide bonds. The van der Waals surface area contributed by atoms with Gasteiger partial charge >= 0.3 is 0 Å². The molecular formula is C16H22Cl2N4O3S. The van der Waals surface area contributed by atoms with Crippen LogP contribution in [0.4, 0.5) is 5.13 Å². The summed E-state index contributed by atoms with van der Waals surface area (Å²) in [6.45, 7) is 2.22. The van der Waals surface area contributed by atoms with Crippen molar-refractivity contribution < 1.29 is 14.0 Å². The minimum atomic E-state index is -0.276. The number of nitrogens with zero attached hydrogens (tertiary/aromatic N) is 1. The number of furan rings is 1. The normalized spacial score (nSPS) is 13.9. The van der Waals surface area contributed by atoms with Gasteiger partial charge in [-0.25, -0.2) is 4.98 Å². The Balaban J connectivity index is 0.00000169. The molecule has 1 fully saturated rings. The molecule has 1 atom stereocenters. The summed E-state index contributed by atoms with van der Waals surface area (Å²) in [7, 11) is 0. The molecule has 0 aromatic carbocycles. The highest BCUT2D eigenvalue weighted by Gasteiger charge is 2.28. The molecule has 10 heteroatoms. The first kappa shape index (κ1) is 22.4. The number of aryl methyl sites for hydroxylation is 1. The lowest BCUT2D eigenvalue weighted by Crippen LogP contribution is -2.39. The Morgan fingerprint density at radius 2 is 2.15 bits per heavy atom. The van der Waals surface area contributed by atoms with Crippen LogP contribution in [-0.2, 0) is 11.2 Å². The molecule has 0 bridgehead atoms. The van der Waals surface area contributed by atoms with Gasteiger partial charge in [0, 0.05) is 18.0 Å². The van der Waals surface area contributed by atoms with Crippen molar-refractivity contribution in [3.05, 3.63) is 34.7 Å². The summed E-state index contributed by atoms with van der Waals surface area (Å²) in [4.78, 5) is 28.3. The van der Waals surface area contributed by atoms with E-state index in [0.717, 1.165) is 12.8 Å². The molecule has 4 N–H and O–H groups in total. The molecule has 1 unspecified atom stereocenters. The van der Waals surface area contributed by atoms with E-state index in [-0.39, 0.29) is 49.1 Å². The molecule has 0 saturated heterocycles. The van der Waals surface area contributed by atoms with Crippen molar-refractivity contribution in [1.29, 1.82) is 0 Å². The van der Waals surface area contributed by atoms with Gasteiger partial charge in [0.05, 0.1) is 23.9 Å². The van der Waals surface area contributed by atoms with Crippen LogP contribution < -0.4 is 16.4 Å². The number of carbonyl (C=O) groups is 2. The van der Waals surface area contributed by atoms with Crippen molar-refractivity contribution in [2.75, 3.05) is 11.9 Å². The van der Waals surface area contributed by atoms with Gasteiger partial charge in [0.15, 0.2) is 5.13 Å². The van der Waals surface area contributed by atoms with Gasteiger partial charge in [-0.1, -0.05) is 0 Å². The number of thiazole rings is 1. The van der Waals surface area contributed by atoms with Crippen LogP contribution in [0.3, 0.4) is 0 Å². The molecule has 1 aliphatic rings. The highest BCUT2D eigenvalue weighted by Crippen LogP contribution is 2.31. The third kappa shape index (κ3) is 5.98. The third-order valence-electron chi connectivity index (χ3n) is 3.98. The Hall–Kier alpha value is -1.61. The summed E-state index contributed by atoms with van der Waals surface area (Å²) < 4.78 is 5.11. The van der Waals surface area contributed by atoms with E-state index in [2.05, 4.69) is 15.6 Å². The first-order valence-electron chi connectivity index (χ1n) is 7.85. The average Bonchev–Trinajstić information content (AvgIpc) is 3.18. The van der Waals surface area contributed by atoms with Gasteiger partial charge in [-0.2, -0.15) is 0 Å². The Morgan fingerprint density at radius 1 is 1.42 bits per heavy atom. The standard InChI is InChI=1S/C16H20N4O3S.2ClH/c1-9-12(4-5-23-9)15(22)20-16-19-11(8-24-16)6-14(21)18-7-13(17)10-2-3-10;;/h4-5,8,10,13H,2-3,6-7,17H2,1H3,(H,18,21)(H,19,20,22);2*1H. The predicted molar refractivity (Wildman–Crippen MR) is 105 cm³/mol. The number of nitrogens with one attached hydrogen (secondary N) is 2. The van der Waals surface area contributed by atoms with Crippen molar-refractivity contribution in [3.63, 3.8) is 0 Å². The average molecular weight is 421 g/mol. The highest BCUT2D eigenvalue weighted by molar-refractivity contribution is 7.14. The maximum atomic E-state index is 12.1. The predicted octanol–water partition coefficient (Wildman–Crippen LogP) is 2.54. The van der Waals surface area contributed by atoms with Crippen LogP contribution in [0.5, 0.6) is 0 Å². The minimum Gasteiger partial charge on any atom is -0.469 e. The van der Waals surface area contributed by atoms with Gasteiger partial charge in [0.25, 0.3) is 5.91 Å². The maximum Gasteiger partial charge on any atom is 0.260 e. The zero-order valence-corrected chi connectivity index (χ0v) is 16.6. The zero-order valence-electron chi connectivity index (χ0n) is 14.2. The minimum absolute atomic E-state index is 0. The van der Waals surface area contributed by atoms with E-state index < -0.39 is 0 Å². The van der Waals surface area contributed by atoms with Crippen molar-refractivity contribution >= 4 is 53.1 Å². The van der Waals surface area contributed by atoms with E-state index in [4.69, 9.17) is 10.2 Å². The lowest BCUT2D eigenvalue weighted by atomic mass is 10.2. The van der Waals surface area contributed by atoms with Crippen molar-refractivity contribution in [1.82, 2.24) is 10.3 Å². The molecule has 26 heavy (non-hydrogen) atoms. The smallest absolute Gasteiger partial charge is 0.260 e. The second-order valence-corrected chi connectivity index (χ2v) is 6.83.